The Hall–Kier alpha value is -3.87. The predicted octanol–water partition coefficient (Wildman–Crippen LogP) is 2.84. The van der Waals surface area contributed by atoms with Gasteiger partial charge in [-0.25, -0.2) is 9.97 Å². The summed E-state index contributed by atoms with van der Waals surface area (Å²) in [5, 5.41) is 6.73. The molecule has 4 rings (SSSR count). The SMILES string of the molecule is O=C(c1ccccc1)c1ccc(NC(=O)C2CC(c3cncnc3)=NO2)cc1. The first-order valence-corrected chi connectivity index (χ1v) is 8.69. The molecule has 1 N–H and O–H groups in total. The molecule has 0 fully saturated rings. The Morgan fingerprint density at radius 3 is 2.32 bits per heavy atom. The van der Waals surface area contributed by atoms with Gasteiger partial charge in [0.25, 0.3) is 5.91 Å². The molecule has 2 aromatic carbocycles. The smallest absolute Gasteiger partial charge is 0.268 e. The number of ketones is 1. The van der Waals surface area contributed by atoms with Crippen molar-refractivity contribution in [1.29, 1.82) is 0 Å². The van der Waals surface area contributed by atoms with Gasteiger partial charge in [0.2, 0.25) is 6.10 Å². The quantitative estimate of drug-likeness (QED) is 0.695. The van der Waals surface area contributed by atoms with Crippen molar-refractivity contribution >= 4 is 23.1 Å². The lowest BCUT2D eigenvalue weighted by Gasteiger charge is -2.10. The highest BCUT2D eigenvalue weighted by Gasteiger charge is 2.29. The fraction of sp³-hybridized carbons (Fsp3) is 0.0952. The maximum atomic E-state index is 12.4. The number of nitrogens with one attached hydrogen (secondary N) is 1. The summed E-state index contributed by atoms with van der Waals surface area (Å²) < 4.78 is 0. The molecule has 7 nitrogen and oxygen atoms in total. The number of aromatic nitrogens is 2. The van der Waals surface area contributed by atoms with Gasteiger partial charge in [0.15, 0.2) is 5.78 Å². The highest BCUT2D eigenvalue weighted by Crippen LogP contribution is 2.19. The van der Waals surface area contributed by atoms with Crippen LogP contribution in [0.15, 0.2) is 78.5 Å². The monoisotopic (exact) mass is 372 g/mol. The van der Waals surface area contributed by atoms with E-state index >= 15 is 0 Å². The lowest BCUT2D eigenvalue weighted by molar-refractivity contribution is -0.125. The maximum Gasteiger partial charge on any atom is 0.268 e. The molecule has 1 aromatic heterocycles. The normalized spacial score (nSPS) is 15.4. The molecule has 0 bridgehead atoms. The van der Waals surface area contributed by atoms with E-state index in [1.54, 1.807) is 48.8 Å². The van der Waals surface area contributed by atoms with Gasteiger partial charge in [-0.05, 0) is 24.3 Å². The number of amides is 1. The number of anilines is 1. The van der Waals surface area contributed by atoms with E-state index in [9.17, 15) is 9.59 Å². The zero-order chi connectivity index (χ0) is 19.3. The van der Waals surface area contributed by atoms with Crippen LogP contribution in [-0.2, 0) is 9.63 Å². The summed E-state index contributed by atoms with van der Waals surface area (Å²) in [6, 6.07) is 15.8. The number of nitrogens with zero attached hydrogens (tertiary/aromatic N) is 3. The molecule has 1 atom stereocenters. The summed E-state index contributed by atoms with van der Waals surface area (Å²) >= 11 is 0. The zero-order valence-electron chi connectivity index (χ0n) is 14.8. The van der Waals surface area contributed by atoms with Gasteiger partial charge < -0.3 is 10.2 Å². The van der Waals surface area contributed by atoms with Crippen molar-refractivity contribution in [2.75, 3.05) is 5.32 Å². The number of benzene rings is 2. The van der Waals surface area contributed by atoms with Crippen molar-refractivity contribution in [2.24, 2.45) is 5.16 Å². The number of carbonyl (C=O) groups is 2. The summed E-state index contributed by atoms with van der Waals surface area (Å²) in [6.07, 6.45) is 4.29. The Labute approximate surface area is 161 Å². The second kappa shape index (κ2) is 7.79. The number of hydrogen-bond acceptors (Lipinski definition) is 6. The summed E-state index contributed by atoms with van der Waals surface area (Å²) in [4.78, 5) is 38.0. The van der Waals surface area contributed by atoms with Crippen LogP contribution in [0.2, 0.25) is 0 Å². The topological polar surface area (TPSA) is 93.5 Å². The largest absolute Gasteiger partial charge is 0.382 e. The molecule has 138 valence electrons. The Bertz CT molecular complexity index is 1020. The Kier molecular flexibility index (Phi) is 4.88. The van der Waals surface area contributed by atoms with Crippen LogP contribution in [0.4, 0.5) is 5.69 Å². The molecule has 28 heavy (non-hydrogen) atoms. The van der Waals surface area contributed by atoms with Gasteiger partial charge in [-0.1, -0.05) is 35.5 Å². The summed E-state index contributed by atoms with van der Waals surface area (Å²) in [5.74, 6) is -0.376. The third-order valence-corrected chi connectivity index (χ3v) is 4.31. The first-order valence-electron chi connectivity index (χ1n) is 8.69. The molecule has 2 heterocycles. The van der Waals surface area contributed by atoms with E-state index in [0.29, 0.717) is 28.9 Å². The lowest BCUT2D eigenvalue weighted by Crippen LogP contribution is -2.28. The number of carbonyl (C=O) groups excluding carboxylic acids is 2. The average Bonchev–Trinajstić information content (AvgIpc) is 3.26. The maximum absolute atomic E-state index is 12.4. The minimum atomic E-state index is -0.721. The molecule has 3 aromatic rings. The van der Waals surface area contributed by atoms with E-state index in [0.717, 1.165) is 5.56 Å². The van der Waals surface area contributed by atoms with Crippen LogP contribution in [0.5, 0.6) is 0 Å². The standard InChI is InChI=1S/C21H16N4O3/c26-20(14-4-2-1-3-5-14)15-6-8-17(9-7-15)24-21(27)19-10-18(25-28-19)16-11-22-13-23-12-16/h1-9,11-13,19H,10H2,(H,24,27). The van der Waals surface area contributed by atoms with Crippen molar-refractivity contribution in [1.82, 2.24) is 9.97 Å². The van der Waals surface area contributed by atoms with Gasteiger partial charge in [-0.3, -0.25) is 9.59 Å². The van der Waals surface area contributed by atoms with Gasteiger partial charge >= 0.3 is 0 Å². The van der Waals surface area contributed by atoms with Gasteiger partial charge in [0.1, 0.15) is 6.33 Å². The van der Waals surface area contributed by atoms with Crippen LogP contribution in [0, 0.1) is 0 Å². The van der Waals surface area contributed by atoms with E-state index in [-0.39, 0.29) is 11.7 Å². The van der Waals surface area contributed by atoms with E-state index in [2.05, 4.69) is 20.4 Å². The molecule has 1 amide bonds. The number of oxime groups is 1. The molecule has 1 unspecified atom stereocenters. The van der Waals surface area contributed by atoms with Gasteiger partial charge in [0.05, 0.1) is 5.71 Å². The Balaban J connectivity index is 1.37. The van der Waals surface area contributed by atoms with E-state index in [4.69, 9.17) is 4.84 Å². The number of hydrogen-bond donors (Lipinski definition) is 1. The van der Waals surface area contributed by atoms with Crippen molar-refractivity contribution in [2.45, 2.75) is 12.5 Å². The predicted molar refractivity (Wildman–Crippen MR) is 103 cm³/mol. The Morgan fingerprint density at radius 1 is 0.929 bits per heavy atom. The molecule has 0 saturated carbocycles. The fourth-order valence-corrected chi connectivity index (χ4v) is 2.82. The van der Waals surface area contributed by atoms with Crippen LogP contribution >= 0.6 is 0 Å². The van der Waals surface area contributed by atoms with E-state index in [1.807, 2.05) is 18.2 Å². The molecular weight excluding hydrogens is 356 g/mol. The van der Waals surface area contributed by atoms with Crippen LogP contribution in [0.25, 0.3) is 0 Å². The second-order valence-electron chi connectivity index (χ2n) is 6.23. The fourth-order valence-electron chi connectivity index (χ4n) is 2.82. The van der Waals surface area contributed by atoms with Crippen molar-refractivity contribution < 1.29 is 14.4 Å². The summed E-state index contributed by atoms with van der Waals surface area (Å²) in [5.41, 5.74) is 3.10. The van der Waals surface area contributed by atoms with E-state index in [1.165, 1.54) is 6.33 Å². The molecule has 0 radical (unpaired) electrons. The van der Waals surface area contributed by atoms with Crippen molar-refractivity contribution in [3.05, 3.63) is 90.0 Å². The summed E-state index contributed by atoms with van der Waals surface area (Å²) in [6.45, 7) is 0. The highest BCUT2D eigenvalue weighted by atomic mass is 16.6. The molecule has 0 saturated heterocycles. The minimum Gasteiger partial charge on any atom is -0.382 e. The molecule has 0 aliphatic carbocycles. The van der Waals surface area contributed by atoms with Crippen LogP contribution in [0.1, 0.15) is 27.9 Å². The second-order valence-corrected chi connectivity index (χ2v) is 6.23. The highest BCUT2D eigenvalue weighted by molar-refractivity contribution is 6.09. The van der Waals surface area contributed by atoms with Crippen LogP contribution < -0.4 is 5.32 Å². The zero-order valence-corrected chi connectivity index (χ0v) is 14.8. The van der Waals surface area contributed by atoms with Crippen molar-refractivity contribution in [3.8, 4) is 0 Å². The van der Waals surface area contributed by atoms with Crippen molar-refractivity contribution in [3.63, 3.8) is 0 Å². The molecule has 7 heteroatoms. The van der Waals surface area contributed by atoms with Gasteiger partial charge in [0, 0.05) is 41.2 Å². The summed E-state index contributed by atoms with van der Waals surface area (Å²) in [7, 11) is 0. The third kappa shape index (κ3) is 3.78. The minimum absolute atomic E-state index is 0.0688. The van der Waals surface area contributed by atoms with E-state index < -0.39 is 6.10 Å². The molecular formula is C21H16N4O3. The van der Waals surface area contributed by atoms with Crippen LogP contribution in [-0.4, -0.2) is 33.5 Å². The molecule has 1 aliphatic rings. The molecule has 0 spiro atoms. The van der Waals surface area contributed by atoms with Gasteiger partial charge in [-0.15, -0.1) is 0 Å². The average molecular weight is 372 g/mol. The number of rotatable bonds is 5. The third-order valence-electron chi connectivity index (χ3n) is 4.31. The Morgan fingerprint density at radius 2 is 1.61 bits per heavy atom. The lowest BCUT2D eigenvalue weighted by atomic mass is 10.0. The first-order chi connectivity index (χ1) is 13.7. The molecule has 1 aliphatic heterocycles. The van der Waals surface area contributed by atoms with Crippen LogP contribution in [0.3, 0.4) is 0 Å². The first kappa shape index (κ1) is 17.5. The van der Waals surface area contributed by atoms with Gasteiger partial charge in [-0.2, -0.15) is 0 Å².